The lowest BCUT2D eigenvalue weighted by molar-refractivity contribution is 0.350. The van der Waals surface area contributed by atoms with Crippen molar-refractivity contribution in [3.63, 3.8) is 0 Å². The molecular weight excluding hydrogens is 322 g/mol. The van der Waals surface area contributed by atoms with Gasteiger partial charge in [0.15, 0.2) is 0 Å². The first kappa shape index (κ1) is 17.7. The van der Waals surface area contributed by atoms with Gasteiger partial charge in [-0.2, -0.15) is 4.31 Å². The smallest absolute Gasteiger partial charge is 0.211 e. The van der Waals surface area contributed by atoms with Gasteiger partial charge in [0, 0.05) is 25.3 Å². The fourth-order valence-electron chi connectivity index (χ4n) is 3.71. The van der Waals surface area contributed by atoms with Gasteiger partial charge in [-0.05, 0) is 74.4 Å². The van der Waals surface area contributed by atoms with E-state index in [4.69, 9.17) is 0 Å². The lowest BCUT2D eigenvalue weighted by Gasteiger charge is -2.27. The van der Waals surface area contributed by atoms with Crippen molar-refractivity contribution >= 4 is 15.7 Å². The summed E-state index contributed by atoms with van der Waals surface area (Å²) in [4.78, 5) is 0. The van der Waals surface area contributed by atoms with Crippen molar-refractivity contribution in [3.8, 4) is 0 Å². The number of fused-ring (bicyclic) bond motifs is 1. The lowest BCUT2D eigenvalue weighted by Crippen LogP contribution is -2.35. The van der Waals surface area contributed by atoms with Crippen molar-refractivity contribution in [1.82, 2.24) is 9.62 Å². The number of benzene rings is 1. The standard InChI is InChI=1S/C18H29N3O2S/c1-24(22,23)21-12-8-16-13-18(5-4-17(16)14-21)20-9-2-3-15-6-10-19-11-7-15/h4-5,13,15,19-20H,2-3,6-12,14H2,1H3. The van der Waals surface area contributed by atoms with E-state index in [1.54, 1.807) is 4.31 Å². The number of hydrogen-bond donors (Lipinski definition) is 2. The summed E-state index contributed by atoms with van der Waals surface area (Å²) in [5.41, 5.74) is 3.57. The van der Waals surface area contributed by atoms with Crippen LogP contribution in [0, 0.1) is 5.92 Å². The maximum absolute atomic E-state index is 11.7. The predicted molar refractivity (Wildman–Crippen MR) is 98.7 cm³/mol. The molecule has 0 amide bonds. The quantitative estimate of drug-likeness (QED) is 0.772. The van der Waals surface area contributed by atoms with Crippen molar-refractivity contribution in [1.29, 1.82) is 0 Å². The third-order valence-corrected chi connectivity index (χ3v) is 6.48. The summed E-state index contributed by atoms with van der Waals surface area (Å²) in [6.07, 6.45) is 7.24. The Morgan fingerprint density at radius 1 is 1.25 bits per heavy atom. The van der Waals surface area contributed by atoms with Gasteiger partial charge >= 0.3 is 0 Å². The summed E-state index contributed by atoms with van der Waals surface area (Å²) in [6.45, 7) is 4.45. The molecule has 1 fully saturated rings. The summed E-state index contributed by atoms with van der Waals surface area (Å²) in [7, 11) is -3.09. The third kappa shape index (κ3) is 4.71. The monoisotopic (exact) mass is 351 g/mol. The number of piperidine rings is 1. The highest BCUT2D eigenvalue weighted by molar-refractivity contribution is 7.88. The van der Waals surface area contributed by atoms with Gasteiger partial charge in [0.25, 0.3) is 0 Å². The first-order valence-corrected chi connectivity index (χ1v) is 10.9. The van der Waals surface area contributed by atoms with Crippen molar-refractivity contribution in [2.75, 3.05) is 37.8 Å². The third-order valence-electron chi connectivity index (χ3n) is 5.23. The van der Waals surface area contributed by atoms with Gasteiger partial charge in [-0.15, -0.1) is 0 Å². The Labute approximate surface area is 145 Å². The summed E-state index contributed by atoms with van der Waals surface area (Å²) < 4.78 is 24.9. The summed E-state index contributed by atoms with van der Waals surface area (Å²) in [6, 6.07) is 6.34. The molecule has 134 valence electrons. The van der Waals surface area contributed by atoms with Gasteiger partial charge in [-0.25, -0.2) is 8.42 Å². The largest absolute Gasteiger partial charge is 0.385 e. The molecule has 0 radical (unpaired) electrons. The average molecular weight is 352 g/mol. The average Bonchev–Trinajstić information content (AvgIpc) is 2.58. The van der Waals surface area contributed by atoms with E-state index < -0.39 is 10.0 Å². The first-order valence-electron chi connectivity index (χ1n) is 9.04. The molecule has 6 heteroatoms. The van der Waals surface area contributed by atoms with Crippen LogP contribution < -0.4 is 10.6 Å². The zero-order chi connectivity index (χ0) is 17.0. The number of nitrogens with one attached hydrogen (secondary N) is 2. The van der Waals surface area contributed by atoms with E-state index in [9.17, 15) is 8.42 Å². The van der Waals surface area contributed by atoms with Crippen LogP contribution in [-0.2, 0) is 23.0 Å². The number of anilines is 1. The van der Waals surface area contributed by atoms with Gasteiger partial charge in [-0.1, -0.05) is 6.07 Å². The van der Waals surface area contributed by atoms with Gasteiger partial charge in [0.05, 0.1) is 6.26 Å². The Morgan fingerprint density at radius 3 is 2.79 bits per heavy atom. The van der Waals surface area contributed by atoms with E-state index in [0.29, 0.717) is 13.1 Å². The van der Waals surface area contributed by atoms with Crippen molar-refractivity contribution < 1.29 is 8.42 Å². The van der Waals surface area contributed by atoms with Gasteiger partial charge in [-0.3, -0.25) is 0 Å². The van der Waals surface area contributed by atoms with Crippen LogP contribution >= 0.6 is 0 Å². The van der Waals surface area contributed by atoms with E-state index in [-0.39, 0.29) is 0 Å². The molecule has 5 nitrogen and oxygen atoms in total. The van der Waals surface area contributed by atoms with Gasteiger partial charge in [0.2, 0.25) is 10.0 Å². The van der Waals surface area contributed by atoms with Crippen molar-refractivity contribution in [2.24, 2.45) is 5.92 Å². The molecule has 1 aromatic carbocycles. The predicted octanol–water partition coefficient (Wildman–Crippen LogP) is 2.20. The van der Waals surface area contributed by atoms with E-state index in [1.807, 2.05) is 0 Å². The second-order valence-corrected chi connectivity index (χ2v) is 9.07. The number of nitrogens with zero attached hydrogens (tertiary/aromatic N) is 1. The van der Waals surface area contributed by atoms with E-state index in [2.05, 4.69) is 28.8 Å². The van der Waals surface area contributed by atoms with Crippen LogP contribution in [0.15, 0.2) is 18.2 Å². The van der Waals surface area contributed by atoms with Crippen LogP contribution in [0.5, 0.6) is 0 Å². The van der Waals surface area contributed by atoms with Crippen molar-refractivity contribution in [2.45, 2.75) is 38.6 Å². The zero-order valence-corrected chi connectivity index (χ0v) is 15.4. The molecule has 2 N–H and O–H groups in total. The molecule has 24 heavy (non-hydrogen) atoms. The first-order chi connectivity index (χ1) is 11.5. The minimum Gasteiger partial charge on any atom is -0.385 e. The molecule has 0 bridgehead atoms. The number of sulfonamides is 1. The lowest BCUT2D eigenvalue weighted by atomic mass is 9.93. The van der Waals surface area contributed by atoms with Crippen LogP contribution in [0.4, 0.5) is 5.69 Å². The molecule has 2 aliphatic rings. The minimum atomic E-state index is -3.09. The molecule has 0 spiro atoms. The molecule has 0 unspecified atom stereocenters. The molecule has 1 aromatic rings. The molecule has 1 saturated heterocycles. The molecular formula is C18H29N3O2S. The Morgan fingerprint density at radius 2 is 2.04 bits per heavy atom. The van der Waals surface area contributed by atoms with E-state index >= 15 is 0 Å². The molecule has 0 aromatic heterocycles. The van der Waals surface area contributed by atoms with E-state index in [1.165, 1.54) is 50.6 Å². The van der Waals surface area contributed by atoms with Crippen LogP contribution in [0.2, 0.25) is 0 Å². The minimum absolute atomic E-state index is 0.504. The molecule has 2 aliphatic heterocycles. The Hall–Kier alpha value is -1.11. The molecule has 0 saturated carbocycles. The second-order valence-electron chi connectivity index (χ2n) is 7.09. The second kappa shape index (κ2) is 7.85. The molecule has 2 heterocycles. The molecule has 0 aliphatic carbocycles. The molecule has 3 rings (SSSR count). The van der Waals surface area contributed by atoms with Crippen LogP contribution in [0.1, 0.15) is 36.8 Å². The van der Waals surface area contributed by atoms with Crippen LogP contribution in [0.3, 0.4) is 0 Å². The number of rotatable bonds is 6. The van der Waals surface area contributed by atoms with Gasteiger partial charge < -0.3 is 10.6 Å². The number of hydrogen-bond acceptors (Lipinski definition) is 4. The highest BCUT2D eigenvalue weighted by Crippen LogP contribution is 2.24. The topological polar surface area (TPSA) is 61.4 Å². The fourth-order valence-corrected chi connectivity index (χ4v) is 4.51. The van der Waals surface area contributed by atoms with Crippen LogP contribution in [0.25, 0.3) is 0 Å². The van der Waals surface area contributed by atoms with Crippen molar-refractivity contribution in [3.05, 3.63) is 29.3 Å². The molecule has 0 atom stereocenters. The Bertz CT molecular complexity index is 654. The highest BCUT2D eigenvalue weighted by atomic mass is 32.2. The summed E-state index contributed by atoms with van der Waals surface area (Å²) in [5, 5.41) is 6.94. The fraction of sp³-hybridized carbons (Fsp3) is 0.667. The Kier molecular flexibility index (Phi) is 5.79. The Balaban J connectivity index is 1.48. The summed E-state index contributed by atoms with van der Waals surface area (Å²) in [5.74, 6) is 0.888. The van der Waals surface area contributed by atoms with Gasteiger partial charge in [0.1, 0.15) is 0 Å². The summed E-state index contributed by atoms with van der Waals surface area (Å²) >= 11 is 0. The normalized spacial score (nSPS) is 19.9. The zero-order valence-electron chi connectivity index (χ0n) is 14.6. The maximum Gasteiger partial charge on any atom is 0.211 e. The van der Waals surface area contributed by atoms with E-state index in [0.717, 1.165) is 30.1 Å². The maximum atomic E-state index is 11.7. The highest BCUT2D eigenvalue weighted by Gasteiger charge is 2.23. The van der Waals surface area contributed by atoms with Crippen LogP contribution in [-0.4, -0.2) is 45.2 Å². The SMILES string of the molecule is CS(=O)(=O)N1CCc2cc(NCCCC3CCNCC3)ccc2C1.